The number of thiophene rings is 1. The molecule has 0 spiro atoms. The van der Waals surface area contributed by atoms with Gasteiger partial charge in [0, 0.05) is 10.4 Å². The third kappa shape index (κ3) is 2.74. The van der Waals surface area contributed by atoms with Crippen LogP contribution < -0.4 is 11.3 Å². The Bertz CT molecular complexity index is 427. The molecule has 3 nitrogen and oxygen atoms in total. The molecule has 0 saturated heterocycles. The van der Waals surface area contributed by atoms with Crippen molar-refractivity contribution in [3.05, 3.63) is 45.0 Å². The van der Waals surface area contributed by atoms with Crippen LogP contribution in [0.5, 0.6) is 0 Å². The molecule has 0 aliphatic rings. The predicted molar refractivity (Wildman–Crippen MR) is 69.1 cm³/mol. The van der Waals surface area contributed by atoms with Gasteiger partial charge in [0.05, 0.1) is 12.3 Å². The lowest BCUT2D eigenvalue weighted by atomic mass is 10.1. The Balaban J connectivity index is 1.99. The number of hydrogen-bond acceptors (Lipinski definition) is 4. The SMILES string of the molecule is NNC(CCc1cccs1)c1ccoc1Br. The summed E-state index contributed by atoms with van der Waals surface area (Å²) in [7, 11) is 0. The van der Waals surface area contributed by atoms with Crippen molar-refractivity contribution in [2.24, 2.45) is 5.84 Å². The Morgan fingerprint density at radius 2 is 2.38 bits per heavy atom. The minimum atomic E-state index is 0.121. The van der Waals surface area contributed by atoms with E-state index in [9.17, 15) is 0 Å². The van der Waals surface area contributed by atoms with Crippen LogP contribution in [-0.4, -0.2) is 0 Å². The summed E-state index contributed by atoms with van der Waals surface area (Å²) >= 11 is 5.14. The zero-order valence-corrected chi connectivity index (χ0v) is 11.1. The van der Waals surface area contributed by atoms with Gasteiger partial charge in [0.2, 0.25) is 0 Å². The summed E-state index contributed by atoms with van der Waals surface area (Å²) in [4.78, 5) is 1.37. The summed E-state index contributed by atoms with van der Waals surface area (Å²) in [6, 6.07) is 6.26. The lowest BCUT2D eigenvalue weighted by Gasteiger charge is -2.13. The molecular weight excluding hydrogens is 288 g/mol. The molecule has 2 aromatic heterocycles. The van der Waals surface area contributed by atoms with Gasteiger partial charge in [-0.1, -0.05) is 6.07 Å². The summed E-state index contributed by atoms with van der Waals surface area (Å²) in [5, 5.41) is 2.09. The second-order valence-electron chi connectivity index (χ2n) is 3.49. The van der Waals surface area contributed by atoms with E-state index in [2.05, 4.69) is 38.9 Å². The van der Waals surface area contributed by atoms with E-state index in [-0.39, 0.29) is 6.04 Å². The van der Waals surface area contributed by atoms with E-state index in [1.165, 1.54) is 4.88 Å². The second kappa shape index (κ2) is 5.63. The van der Waals surface area contributed by atoms with Crippen molar-refractivity contribution in [3.63, 3.8) is 0 Å². The average molecular weight is 301 g/mol. The van der Waals surface area contributed by atoms with E-state index < -0.39 is 0 Å². The standard InChI is InChI=1S/C11H13BrN2OS/c12-11-9(5-6-15-11)10(14-13)4-3-8-2-1-7-16-8/h1-2,5-7,10,14H,3-4,13H2. The molecule has 1 atom stereocenters. The van der Waals surface area contributed by atoms with Crippen LogP contribution in [-0.2, 0) is 6.42 Å². The topological polar surface area (TPSA) is 51.2 Å². The fourth-order valence-electron chi connectivity index (χ4n) is 1.62. The van der Waals surface area contributed by atoms with Gasteiger partial charge in [-0.2, -0.15) is 0 Å². The summed E-state index contributed by atoms with van der Waals surface area (Å²) in [6.45, 7) is 0. The molecule has 0 aliphatic heterocycles. The highest BCUT2D eigenvalue weighted by atomic mass is 79.9. The number of furan rings is 1. The first-order chi connectivity index (χ1) is 7.81. The van der Waals surface area contributed by atoms with Crippen molar-refractivity contribution in [1.82, 2.24) is 5.43 Å². The summed E-state index contributed by atoms with van der Waals surface area (Å²) in [5.41, 5.74) is 3.89. The molecule has 0 aliphatic carbocycles. The smallest absolute Gasteiger partial charge is 0.173 e. The monoisotopic (exact) mass is 300 g/mol. The van der Waals surface area contributed by atoms with E-state index in [4.69, 9.17) is 10.3 Å². The zero-order valence-electron chi connectivity index (χ0n) is 8.65. The number of hydrogen-bond donors (Lipinski definition) is 2. The van der Waals surface area contributed by atoms with Crippen molar-refractivity contribution < 1.29 is 4.42 Å². The molecule has 0 fully saturated rings. The van der Waals surface area contributed by atoms with E-state index in [0.29, 0.717) is 0 Å². The fourth-order valence-corrected chi connectivity index (χ4v) is 2.86. The molecular formula is C11H13BrN2OS. The van der Waals surface area contributed by atoms with Gasteiger partial charge in [-0.05, 0) is 46.3 Å². The maximum atomic E-state index is 5.56. The van der Waals surface area contributed by atoms with Gasteiger partial charge < -0.3 is 4.42 Å². The Morgan fingerprint density at radius 3 is 2.94 bits per heavy atom. The van der Waals surface area contributed by atoms with Crippen LogP contribution in [0.1, 0.15) is 22.9 Å². The van der Waals surface area contributed by atoms with Gasteiger partial charge in [0.1, 0.15) is 0 Å². The molecule has 0 radical (unpaired) electrons. The van der Waals surface area contributed by atoms with Crippen LogP contribution in [0.4, 0.5) is 0 Å². The summed E-state index contributed by atoms with van der Waals surface area (Å²) in [5.74, 6) is 5.56. The van der Waals surface area contributed by atoms with Crippen LogP contribution in [0.25, 0.3) is 0 Å². The first-order valence-corrected chi connectivity index (χ1v) is 6.70. The number of halogens is 1. The lowest BCUT2D eigenvalue weighted by Crippen LogP contribution is -2.28. The predicted octanol–water partition coefficient (Wildman–Crippen LogP) is 3.24. The number of nitrogens with one attached hydrogen (secondary N) is 1. The van der Waals surface area contributed by atoms with Crippen LogP contribution in [0.2, 0.25) is 0 Å². The molecule has 0 saturated carbocycles. The molecule has 2 heterocycles. The van der Waals surface area contributed by atoms with Crippen LogP contribution >= 0.6 is 27.3 Å². The summed E-state index contributed by atoms with van der Waals surface area (Å²) in [6.07, 6.45) is 3.63. The Morgan fingerprint density at radius 1 is 1.50 bits per heavy atom. The van der Waals surface area contributed by atoms with Crippen LogP contribution in [0.3, 0.4) is 0 Å². The number of nitrogens with two attached hydrogens (primary N) is 1. The van der Waals surface area contributed by atoms with Gasteiger partial charge >= 0.3 is 0 Å². The van der Waals surface area contributed by atoms with Crippen LogP contribution in [0, 0.1) is 0 Å². The van der Waals surface area contributed by atoms with Gasteiger partial charge in [-0.3, -0.25) is 11.3 Å². The lowest BCUT2D eigenvalue weighted by molar-refractivity contribution is 0.490. The zero-order chi connectivity index (χ0) is 11.4. The molecule has 0 amide bonds. The first-order valence-electron chi connectivity index (χ1n) is 5.02. The van der Waals surface area contributed by atoms with Crippen molar-refractivity contribution in [3.8, 4) is 0 Å². The normalized spacial score (nSPS) is 12.9. The molecule has 86 valence electrons. The number of aryl methyl sites for hydroxylation is 1. The summed E-state index contributed by atoms with van der Waals surface area (Å²) < 4.78 is 5.96. The van der Waals surface area contributed by atoms with E-state index in [1.807, 2.05) is 6.07 Å². The molecule has 2 rings (SSSR count). The third-order valence-electron chi connectivity index (χ3n) is 2.48. The molecule has 3 N–H and O–H groups in total. The highest BCUT2D eigenvalue weighted by Gasteiger charge is 2.15. The van der Waals surface area contributed by atoms with Crippen LogP contribution in [0.15, 0.2) is 38.9 Å². The molecule has 0 bridgehead atoms. The minimum Gasteiger partial charge on any atom is -0.457 e. The Labute approximate surface area is 107 Å². The molecule has 2 aromatic rings. The quantitative estimate of drug-likeness (QED) is 0.658. The van der Waals surface area contributed by atoms with E-state index in [1.54, 1.807) is 17.6 Å². The van der Waals surface area contributed by atoms with Crippen molar-refractivity contribution in [1.29, 1.82) is 0 Å². The van der Waals surface area contributed by atoms with Crippen molar-refractivity contribution in [2.75, 3.05) is 0 Å². The Kier molecular flexibility index (Phi) is 4.17. The van der Waals surface area contributed by atoms with Gasteiger partial charge in [-0.15, -0.1) is 11.3 Å². The van der Waals surface area contributed by atoms with Crippen molar-refractivity contribution in [2.45, 2.75) is 18.9 Å². The molecule has 16 heavy (non-hydrogen) atoms. The van der Waals surface area contributed by atoms with Gasteiger partial charge in [0.15, 0.2) is 4.67 Å². The average Bonchev–Trinajstić information content (AvgIpc) is 2.92. The molecule has 0 aromatic carbocycles. The van der Waals surface area contributed by atoms with E-state index in [0.717, 1.165) is 23.1 Å². The van der Waals surface area contributed by atoms with Gasteiger partial charge in [0.25, 0.3) is 0 Å². The molecule has 5 heteroatoms. The highest BCUT2D eigenvalue weighted by Crippen LogP contribution is 2.27. The second-order valence-corrected chi connectivity index (χ2v) is 5.24. The van der Waals surface area contributed by atoms with Gasteiger partial charge in [-0.25, -0.2) is 0 Å². The van der Waals surface area contributed by atoms with E-state index >= 15 is 0 Å². The van der Waals surface area contributed by atoms with Crippen molar-refractivity contribution >= 4 is 27.3 Å². The fraction of sp³-hybridized carbons (Fsp3) is 0.273. The molecule has 1 unspecified atom stereocenters. The maximum absolute atomic E-state index is 5.56. The first kappa shape index (κ1) is 11.9. The third-order valence-corrected chi connectivity index (χ3v) is 4.06. The number of rotatable bonds is 5. The maximum Gasteiger partial charge on any atom is 0.173 e. The number of hydrazine groups is 1. The minimum absolute atomic E-state index is 0.121. The largest absolute Gasteiger partial charge is 0.457 e. The highest BCUT2D eigenvalue weighted by molar-refractivity contribution is 9.10. The Hall–Kier alpha value is -0.620.